The number of benzene rings is 1. The molecule has 6 heteroatoms. The number of ether oxygens (including phenoxy) is 1. The molecule has 2 fully saturated rings. The second kappa shape index (κ2) is 6.98. The number of aryl methyl sites for hydroxylation is 1. The molecule has 0 spiro atoms. The van der Waals surface area contributed by atoms with Crippen molar-refractivity contribution in [2.75, 3.05) is 6.61 Å². The van der Waals surface area contributed by atoms with Crippen molar-refractivity contribution in [1.29, 1.82) is 0 Å². The highest BCUT2D eigenvalue weighted by Crippen LogP contribution is 2.52. The summed E-state index contributed by atoms with van der Waals surface area (Å²) in [6, 6.07) is 8.03. The van der Waals surface area contributed by atoms with Crippen molar-refractivity contribution < 1.29 is 14.3 Å². The van der Waals surface area contributed by atoms with Crippen LogP contribution in [-0.4, -0.2) is 45.4 Å². The molecular weight excluding hydrogens is 342 g/mol. The minimum atomic E-state index is -0.520. The molecule has 1 aromatic carbocycles. The smallest absolute Gasteiger partial charge is 0.314 e. The highest BCUT2D eigenvalue weighted by Gasteiger charge is 2.60. The van der Waals surface area contributed by atoms with Crippen LogP contribution < -0.4 is 0 Å². The number of amides is 1. The van der Waals surface area contributed by atoms with E-state index >= 15 is 0 Å². The summed E-state index contributed by atoms with van der Waals surface area (Å²) in [5.74, 6) is 0.834. The summed E-state index contributed by atoms with van der Waals surface area (Å²) in [6.07, 6.45) is 4.34. The molecule has 3 heterocycles. The topological polar surface area (TPSA) is 75.3 Å². The van der Waals surface area contributed by atoms with E-state index in [0.717, 1.165) is 42.5 Å². The third kappa shape index (κ3) is 2.91. The lowest BCUT2D eigenvalue weighted by Gasteiger charge is -2.34. The van der Waals surface area contributed by atoms with Crippen LogP contribution in [0.15, 0.2) is 24.3 Å². The number of esters is 1. The van der Waals surface area contributed by atoms with E-state index in [-0.39, 0.29) is 24.0 Å². The molecule has 3 atom stereocenters. The van der Waals surface area contributed by atoms with Gasteiger partial charge < -0.3 is 14.6 Å². The van der Waals surface area contributed by atoms with Crippen LogP contribution in [0.25, 0.3) is 11.0 Å². The third-order valence-electron chi connectivity index (χ3n) is 6.36. The highest BCUT2D eigenvalue weighted by atomic mass is 16.5. The number of nitrogens with zero attached hydrogens (tertiary/aromatic N) is 2. The lowest BCUT2D eigenvalue weighted by molar-refractivity contribution is -0.158. The van der Waals surface area contributed by atoms with Gasteiger partial charge in [0.15, 0.2) is 0 Å². The molecule has 1 aromatic heterocycles. The Morgan fingerprint density at radius 3 is 2.85 bits per heavy atom. The normalized spacial score (nSPS) is 26.7. The number of aromatic nitrogens is 2. The first-order chi connectivity index (χ1) is 13.1. The van der Waals surface area contributed by atoms with Gasteiger partial charge in [-0.1, -0.05) is 19.1 Å². The van der Waals surface area contributed by atoms with Crippen LogP contribution in [-0.2, 0) is 20.7 Å². The highest BCUT2D eigenvalue weighted by molar-refractivity contribution is 5.84. The number of rotatable bonds is 6. The molecule has 1 amide bonds. The van der Waals surface area contributed by atoms with Gasteiger partial charge in [0, 0.05) is 24.9 Å². The van der Waals surface area contributed by atoms with Gasteiger partial charge in [-0.25, -0.2) is 4.98 Å². The molecule has 2 aromatic rings. The van der Waals surface area contributed by atoms with Crippen molar-refractivity contribution in [3.63, 3.8) is 0 Å². The predicted octanol–water partition coefficient (Wildman–Crippen LogP) is 3.22. The van der Waals surface area contributed by atoms with Crippen LogP contribution in [0.5, 0.6) is 0 Å². The van der Waals surface area contributed by atoms with Gasteiger partial charge in [0.1, 0.15) is 5.82 Å². The molecule has 2 aliphatic rings. The molecule has 2 bridgehead atoms. The number of hydrogen-bond donors (Lipinski definition) is 1. The minimum absolute atomic E-state index is 0.0188. The van der Waals surface area contributed by atoms with E-state index in [0.29, 0.717) is 19.4 Å². The zero-order valence-corrected chi connectivity index (χ0v) is 16.0. The number of carbonyl (C=O) groups is 2. The van der Waals surface area contributed by atoms with Crippen LogP contribution in [0.3, 0.4) is 0 Å². The van der Waals surface area contributed by atoms with Crippen molar-refractivity contribution >= 4 is 22.9 Å². The summed E-state index contributed by atoms with van der Waals surface area (Å²) in [5.41, 5.74) is 1.40. The fourth-order valence-electron chi connectivity index (χ4n) is 5.06. The monoisotopic (exact) mass is 369 g/mol. The van der Waals surface area contributed by atoms with E-state index < -0.39 is 5.41 Å². The predicted molar refractivity (Wildman–Crippen MR) is 102 cm³/mol. The lowest BCUT2D eigenvalue weighted by Crippen LogP contribution is -2.45. The second-order valence-electron chi connectivity index (χ2n) is 7.68. The van der Waals surface area contributed by atoms with Crippen LogP contribution in [0.2, 0.25) is 0 Å². The number of hydrogen-bond acceptors (Lipinski definition) is 4. The zero-order chi connectivity index (χ0) is 19.0. The number of imidazole rings is 1. The van der Waals surface area contributed by atoms with Gasteiger partial charge in [-0.05, 0) is 44.7 Å². The van der Waals surface area contributed by atoms with Gasteiger partial charge in [0.05, 0.1) is 23.1 Å². The van der Waals surface area contributed by atoms with Crippen LogP contribution in [0.4, 0.5) is 0 Å². The Morgan fingerprint density at radius 2 is 2.11 bits per heavy atom. The number of H-pyrrole nitrogens is 1. The summed E-state index contributed by atoms with van der Waals surface area (Å²) < 4.78 is 5.37. The van der Waals surface area contributed by atoms with Crippen LogP contribution >= 0.6 is 0 Å². The molecular formula is C21H27N3O3. The fraction of sp³-hybridized carbons (Fsp3) is 0.571. The van der Waals surface area contributed by atoms with E-state index in [9.17, 15) is 9.59 Å². The Morgan fingerprint density at radius 1 is 1.30 bits per heavy atom. The average molecular weight is 369 g/mol. The SMILES string of the molecule is CCOC(=O)[C@@]1(CC)C[C@H]2CC[C@@H]1N2C(=O)CCc1nc2ccccc2[nH]1. The molecule has 2 aliphatic heterocycles. The number of aromatic amines is 1. The van der Waals surface area contributed by atoms with Gasteiger partial charge >= 0.3 is 5.97 Å². The maximum absolute atomic E-state index is 13.0. The fourth-order valence-corrected chi connectivity index (χ4v) is 5.06. The van der Waals surface area contributed by atoms with Crippen molar-refractivity contribution in [2.45, 2.75) is 64.5 Å². The van der Waals surface area contributed by atoms with Gasteiger partial charge in [0.2, 0.25) is 5.91 Å². The Labute approximate surface area is 159 Å². The second-order valence-corrected chi connectivity index (χ2v) is 7.68. The summed E-state index contributed by atoms with van der Waals surface area (Å²) in [5, 5.41) is 0. The number of fused-ring (bicyclic) bond motifs is 3. The summed E-state index contributed by atoms with van der Waals surface area (Å²) in [7, 11) is 0. The first-order valence-corrected chi connectivity index (χ1v) is 10.0. The molecule has 1 N–H and O–H groups in total. The third-order valence-corrected chi connectivity index (χ3v) is 6.36. The standard InChI is InChI=1S/C21H27N3O3/c1-3-21(20(26)27-4-2)13-14-9-10-17(21)24(14)19(25)12-11-18-22-15-7-5-6-8-16(15)23-18/h5-8,14,17H,3-4,9-13H2,1-2H3,(H,22,23)/t14-,17+,21+/m1/s1. The summed E-state index contributed by atoms with van der Waals surface area (Å²) >= 11 is 0. The van der Waals surface area contributed by atoms with Crippen LogP contribution in [0, 0.1) is 5.41 Å². The molecule has 2 saturated heterocycles. The van der Waals surface area contributed by atoms with Crippen molar-refractivity contribution in [2.24, 2.45) is 5.41 Å². The van der Waals surface area contributed by atoms with Crippen molar-refractivity contribution in [1.82, 2.24) is 14.9 Å². The van der Waals surface area contributed by atoms with Crippen molar-refractivity contribution in [3.05, 3.63) is 30.1 Å². The molecule has 27 heavy (non-hydrogen) atoms. The Kier molecular flexibility index (Phi) is 4.66. The number of para-hydroxylation sites is 2. The van der Waals surface area contributed by atoms with Gasteiger partial charge in [-0.2, -0.15) is 0 Å². The van der Waals surface area contributed by atoms with E-state index in [1.54, 1.807) is 0 Å². The Hall–Kier alpha value is -2.37. The molecule has 6 nitrogen and oxygen atoms in total. The largest absolute Gasteiger partial charge is 0.466 e. The van der Waals surface area contributed by atoms with Crippen LogP contribution in [0.1, 0.15) is 51.8 Å². The molecule has 0 saturated carbocycles. The first-order valence-electron chi connectivity index (χ1n) is 10.0. The van der Waals surface area contributed by atoms with Gasteiger partial charge in [-0.15, -0.1) is 0 Å². The molecule has 144 valence electrons. The van der Waals surface area contributed by atoms with Gasteiger partial charge in [0.25, 0.3) is 0 Å². The van der Waals surface area contributed by atoms with E-state index in [2.05, 4.69) is 9.97 Å². The van der Waals surface area contributed by atoms with Gasteiger partial charge in [-0.3, -0.25) is 9.59 Å². The quantitative estimate of drug-likeness (QED) is 0.794. The number of nitrogens with one attached hydrogen (secondary N) is 1. The van der Waals surface area contributed by atoms with E-state index in [4.69, 9.17) is 4.74 Å². The Balaban J connectivity index is 1.46. The summed E-state index contributed by atoms with van der Waals surface area (Å²) in [4.78, 5) is 35.5. The zero-order valence-electron chi connectivity index (χ0n) is 16.0. The first kappa shape index (κ1) is 18.0. The summed E-state index contributed by atoms with van der Waals surface area (Å²) in [6.45, 7) is 4.26. The molecule has 4 rings (SSSR count). The Bertz CT molecular complexity index is 828. The number of carbonyl (C=O) groups excluding carboxylic acids is 2. The van der Waals surface area contributed by atoms with E-state index in [1.165, 1.54) is 0 Å². The maximum Gasteiger partial charge on any atom is 0.314 e. The average Bonchev–Trinajstić information content (AvgIpc) is 3.37. The van der Waals surface area contributed by atoms with E-state index in [1.807, 2.05) is 43.0 Å². The van der Waals surface area contributed by atoms with Crippen molar-refractivity contribution in [3.8, 4) is 0 Å². The maximum atomic E-state index is 13.0. The molecule has 0 radical (unpaired) electrons. The minimum Gasteiger partial charge on any atom is -0.466 e. The molecule has 0 aliphatic carbocycles. The molecule has 0 unspecified atom stereocenters. The lowest BCUT2D eigenvalue weighted by atomic mass is 9.72.